The highest BCUT2D eigenvalue weighted by Crippen LogP contribution is 1.92. The number of rotatable bonds is 6. The SMILES string of the molecule is CC(N)=NCC(C)N[C@@H](CS)C(=O)O. The molecular weight excluding hydrogens is 202 g/mol. The fourth-order valence-corrected chi connectivity index (χ4v) is 1.14. The summed E-state index contributed by atoms with van der Waals surface area (Å²) in [6, 6.07) is -0.664. The van der Waals surface area contributed by atoms with Crippen molar-refractivity contribution in [2.75, 3.05) is 12.3 Å². The van der Waals surface area contributed by atoms with Crippen molar-refractivity contribution in [3.05, 3.63) is 0 Å². The summed E-state index contributed by atoms with van der Waals surface area (Å²) < 4.78 is 0. The van der Waals surface area contributed by atoms with E-state index in [0.29, 0.717) is 12.4 Å². The van der Waals surface area contributed by atoms with E-state index in [4.69, 9.17) is 10.8 Å². The number of nitrogens with zero attached hydrogens (tertiary/aromatic N) is 1. The average molecular weight is 219 g/mol. The Morgan fingerprint density at radius 2 is 2.29 bits per heavy atom. The molecule has 0 fully saturated rings. The molecule has 1 unspecified atom stereocenters. The van der Waals surface area contributed by atoms with Gasteiger partial charge in [-0.3, -0.25) is 15.1 Å². The zero-order valence-corrected chi connectivity index (χ0v) is 9.29. The Morgan fingerprint density at radius 1 is 1.71 bits per heavy atom. The van der Waals surface area contributed by atoms with Gasteiger partial charge in [-0.2, -0.15) is 12.6 Å². The summed E-state index contributed by atoms with van der Waals surface area (Å²) in [6.45, 7) is 4.02. The third-order valence-corrected chi connectivity index (χ3v) is 1.95. The van der Waals surface area contributed by atoms with Crippen molar-refractivity contribution < 1.29 is 9.90 Å². The molecule has 0 amide bonds. The molecule has 0 aliphatic carbocycles. The van der Waals surface area contributed by atoms with E-state index in [0.717, 1.165) is 0 Å². The van der Waals surface area contributed by atoms with Crippen molar-refractivity contribution in [2.45, 2.75) is 25.9 Å². The fourth-order valence-electron chi connectivity index (χ4n) is 0.879. The Kier molecular flexibility index (Phi) is 6.31. The van der Waals surface area contributed by atoms with Gasteiger partial charge < -0.3 is 10.8 Å². The topological polar surface area (TPSA) is 87.7 Å². The maximum Gasteiger partial charge on any atom is 0.321 e. The van der Waals surface area contributed by atoms with Gasteiger partial charge in [0.2, 0.25) is 0 Å². The number of aliphatic imine (C=N–C) groups is 1. The number of amidine groups is 1. The maximum atomic E-state index is 10.6. The largest absolute Gasteiger partial charge is 0.480 e. The van der Waals surface area contributed by atoms with Crippen LogP contribution in [0, 0.1) is 0 Å². The number of thiol groups is 1. The fraction of sp³-hybridized carbons (Fsp3) is 0.750. The van der Waals surface area contributed by atoms with Gasteiger partial charge in [-0.05, 0) is 13.8 Å². The molecule has 0 aliphatic rings. The van der Waals surface area contributed by atoms with Crippen LogP contribution in [0.3, 0.4) is 0 Å². The smallest absolute Gasteiger partial charge is 0.321 e. The second kappa shape index (κ2) is 6.67. The average Bonchev–Trinajstić information content (AvgIpc) is 2.10. The van der Waals surface area contributed by atoms with Crippen LogP contribution in [0.1, 0.15) is 13.8 Å². The Bertz CT molecular complexity index is 217. The molecule has 0 spiro atoms. The third kappa shape index (κ3) is 5.82. The molecule has 82 valence electrons. The molecular formula is C8H17N3O2S. The summed E-state index contributed by atoms with van der Waals surface area (Å²) >= 11 is 3.93. The number of nitrogens with one attached hydrogen (secondary N) is 1. The van der Waals surface area contributed by atoms with Crippen molar-refractivity contribution in [1.29, 1.82) is 0 Å². The first kappa shape index (κ1) is 13.2. The molecule has 0 aromatic carbocycles. The highest BCUT2D eigenvalue weighted by Gasteiger charge is 2.16. The second-order valence-electron chi connectivity index (χ2n) is 3.12. The van der Waals surface area contributed by atoms with Gasteiger partial charge in [0.15, 0.2) is 0 Å². The van der Waals surface area contributed by atoms with E-state index >= 15 is 0 Å². The number of carboxylic acid groups (broad SMARTS) is 1. The van der Waals surface area contributed by atoms with Crippen molar-refractivity contribution in [3.8, 4) is 0 Å². The Labute approximate surface area is 89.2 Å². The summed E-state index contributed by atoms with van der Waals surface area (Å²) in [4.78, 5) is 14.6. The van der Waals surface area contributed by atoms with Gasteiger partial charge in [0.05, 0.1) is 12.4 Å². The molecule has 0 radical (unpaired) electrons. The summed E-state index contributed by atoms with van der Waals surface area (Å²) in [7, 11) is 0. The van der Waals surface area contributed by atoms with Gasteiger partial charge in [-0.15, -0.1) is 0 Å². The van der Waals surface area contributed by atoms with Gasteiger partial charge in [-0.1, -0.05) is 0 Å². The quantitative estimate of drug-likeness (QED) is 0.281. The normalized spacial score (nSPS) is 16.4. The molecule has 0 saturated carbocycles. The third-order valence-electron chi connectivity index (χ3n) is 1.58. The van der Waals surface area contributed by atoms with E-state index in [1.165, 1.54) is 0 Å². The number of hydrogen-bond donors (Lipinski definition) is 4. The first-order chi connectivity index (χ1) is 6.47. The maximum absolute atomic E-state index is 10.6. The first-order valence-corrected chi connectivity index (χ1v) is 4.96. The van der Waals surface area contributed by atoms with Crippen LogP contribution in [0.4, 0.5) is 0 Å². The second-order valence-corrected chi connectivity index (χ2v) is 3.49. The lowest BCUT2D eigenvalue weighted by Gasteiger charge is -2.16. The van der Waals surface area contributed by atoms with Gasteiger partial charge in [-0.25, -0.2) is 0 Å². The van der Waals surface area contributed by atoms with Crippen molar-refractivity contribution in [3.63, 3.8) is 0 Å². The summed E-state index contributed by atoms with van der Waals surface area (Å²) in [5.41, 5.74) is 5.35. The molecule has 4 N–H and O–H groups in total. The summed E-state index contributed by atoms with van der Waals surface area (Å²) in [6.07, 6.45) is 0. The van der Waals surface area contributed by atoms with Crippen molar-refractivity contribution in [1.82, 2.24) is 5.32 Å². The van der Waals surface area contributed by atoms with Gasteiger partial charge in [0.1, 0.15) is 6.04 Å². The molecule has 6 heteroatoms. The predicted molar refractivity (Wildman–Crippen MR) is 60.0 cm³/mol. The minimum Gasteiger partial charge on any atom is -0.480 e. The Balaban J connectivity index is 3.97. The highest BCUT2D eigenvalue weighted by atomic mass is 32.1. The lowest BCUT2D eigenvalue weighted by atomic mass is 10.2. The Hall–Kier alpha value is -0.750. The molecule has 0 bridgehead atoms. The standard InChI is InChI=1S/C8H17N3O2S/c1-5(3-10-6(2)9)11-7(4-14)8(12)13/h5,7,11,14H,3-4H2,1-2H3,(H2,9,10)(H,12,13)/t5?,7-/m0/s1. The van der Waals surface area contributed by atoms with Crippen molar-refractivity contribution >= 4 is 24.4 Å². The van der Waals surface area contributed by atoms with Crippen LogP contribution in [0.15, 0.2) is 4.99 Å². The molecule has 0 aromatic rings. The van der Waals surface area contributed by atoms with E-state index in [1.807, 2.05) is 6.92 Å². The molecule has 14 heavy (non-hydrogen) atoms. The van der Waals surface area contributed by atoms with Crippen LogP contribution < -0.4 is 11.1 Å². The predicted octanol–water partition coefficient (Wildman–Crippen LogP) is -0.275. The van der Waals surface area contributed by atoms with Gasteiger partial charge in [0, 0.05) is 11.8 Å². The van der Waals surface area contributed by atoms with Crippen LogP contribution in [0.2, 0.25) is 0 Å². The van der Waals surface area contributed by atoms with E-state index in [1.54, 1.807) is 6.92 Å². The minimum atomic E-state index is -0.902. The summed E-state index contributed by atoms with van der Waals surface area (Å²) in [5.74, 6) is -0.151. The number of hydrogen-bond acceptors (Lipinski definition) is 4. The van der Waals surface area contributed by atoms with E-state index in [2.05, 4.69) is 22.9 Å². The molecule has 0 saturated heterocycles. The Morgan fingerprint density at radius 3 is 2.64 bits per heavy atom. The number of aliphatic carboxylic acids is 1. The monoisotopic (exact) mass is 219 g/mol. The van der Waals surface area contributed by atoms with Gasteiger partial charge in [0.25, 0.3) is 0 Å². The zero-order valence-electron chi connectivity index (χ0n) is 8.40. The number of carbonyl (C=O) groups is 1. The number of nitrogens with two attached hydrogens (primary N) is 1. The highest BCUT2D eigenvalue weighted by molar-refractivity contribution is 7.80. The molecule has 0 aliphatic heterocycles. The molecule has 2 atom stereocenters. The lowest BCUT2D eigenvalue weighted by molar-refractivity contribution is -0.139. The molecule has 0 rings (SSSR count). The molecule has 5 nitrogen and oxygen atoms in total. The van der Waals surface area contributed by atoms with Crippen LogP contribution in [0.25, 0.3) is 0 Å². The molecule has 0 aromatic heterocycles. The van der Waals surface area contributed by atoms with Crippen LogP contribution in [-0.4, -0.2) is 41.3 Å². The van der Waals surface area contributed by atoms with Crippen molar-refractivity contribution in [2.24, 2.45) is 10.7 Å². The van der Waals surface area contributed by atoms with Gasteiger partial charge >= 0.3 is 5.97 Å². The van der Waals surface area contributed by atoms with E-state index < -0.39 is 12.0 Å². The minimum absolute atomic E-state index is 0.0262. The molecule has 0 heterocycles. The van der Waals surface area contributed by atoms with Crippen LogP contribution in [0.5, 0.6) is 0 Å². The van der Waals surface area contributed by atoms with Crippen LogP contribution in [-0.2, 0) is 4.79 Å². The van der Waals surface area contributed by atoms with Crippen LogP contribution >= 0.6 is 12.6 Å². The number of carboxylic acids is 1. The lowest BCUT2D eigenvalue weighted by Crippen LogP contribution is -2.44. The summed E-state index contributed by atoms with van der Waals surface area (Å²) in [5, 5.41) is 11.6. The zero-order chi connectivity index (χ0) is 11.1. The first-order valence-electron chi connectivity index (χ1n) is 4.33. The van der Waals surface area contributed by atoms with E-state index in [-0.39, 0.29) is 11.8 Å². The van der Waals surface area contributed by atoms with E-state index in [9.17, 15) is 4.79 Å².